The molecule has 0 aliphatic carbocycles. The van der Waals surface area contributed by atoms with Crippen molar-refractivity contribution in [2.45, 2.75) is 38.8 Å². The number of amides is 1. The van der Waals surface area contributed by atoms with Crippen LogP contribution in [0.4, 0.5) is 0 Å². The van der Waals surface area contributed by atoms with E-state index in [2.05, 4.69) is 23.2 Å². The molecule has 0 radical (unpaired) electrons. The van der Waals surface area contributed by atoms with Gasteiger partial charge in [0.1, 0.15) is 0 Å². The van der Waals surface area contributed by atoms with Crippen LogP contribution in [0.15, 0.2) is 0 Å². The lowest BCUT2D eigenvalue weighted by Gasteiger charge is -2.37. The van der Waals surface area contributed by atoms with E-state index in [9.17, 15) is 4.79 Å². The Morgan fingerprint density at radius 1 is 1.79 bits per heavy atom. The average molecular weight is 195 g/mol. The van der Waals surface area contributed by atoms with Crippen LogP contribution in [0.25, 0.3) is 0 Å². The molecule has 2 atom stereocenters. The van der Waals surface area contributed by atoms with Crippen molar-refractivity contribution in [2.24, 2.45) is 0 Å². The largest absolute Gasteiger partial charge is 0.353 e. The summed E-state index contributed by atoms with van der Waals surface area (Å²) in [6, 6.07) is 2.31. The molecule has 1 N–H and O–H groups in total. The molecule has 1 amide bonds. The highest BCUT2D eigenvalue weighted by atomic mass is 16.2. The quantitative estimate of drug-likeness (QED) is 0.713. The van der Waals surface area contributed by atoms with Crippen molar-refractivity contribution in [2.75, 3.05) is 13.1 Å². The van der Waals surface area contributed by atoms with Crippen molar-refractivity contribution in [1.29, 1.82) is 5.26 Å². The van der Waals surface area contributed by atoms with Crippen LogP contribution in [-0.2, 0) is 4.79 Å². The zero-order chi connectivity index (χ0) is 10.6. The van der Waals surface area contributed by atoms with Crippen molar-refractivity contribution in [3.63, 3.8) is 0 Å². The van der Waals surface area contributed by atoms with Crippen molar-refractivity contribution in [3.05, 3.63) is 0 Å². The third kappa shape index (κ3) is 2.24. The minimum absolute atomic E-state index is 0.0765. The van der Waals surface area contributed by atoms with Crippen molar-refractivity contribution in [1.82, 2.24) is 10.2 Å². The van der Waals surface area contributed by atoms with Crippen molar-refractivity contribution in [3.8, 4) is 6.07 Å². The van der Waals surface area contributed by atoms with E-state index in [0.29, 0.717) is 13.0 Å². The molecule has 0 saturated carbocycles. The molecule has 1 saturated heterocycles. The highest BCUT2D eigenvalue weighted by molar-refractivity contribution is 5.82. The Balaban J connectivity index is 2.64. The van der Waals surface area contributed by atoms with Crippen LogP contribution >= 0.6 is 0 Å². The summed E-state index contributed by atoms with van der Waals surface area (Å²) < 4.78 is 0. The molecule has 4 heteroatoms. The molecule has 0 aromatic heterocycles. The molecule has 14 heavy (non-hydrogen) atoms. The SMILES string of the molecule is CCC(CC#N)N1CCNC(=O)C1C. The number of nitrogens with zero attached hydrogens (tertiary/aromatic N) is 2. The van der Waals surface area contributed by atoms with Crippen molar-refractivity contribution >= 4 is 5.91 Å². The van der Waals surface area contributed by atoms with Gasteiger partial charge in [-0.15, -0.1) is 0 Å². The molecule has 1 rings (SSSR count). The topological polar surface area (TPSA) is 56.1 Å². The second-order valence-electron chi connectivity index (χ2n) is 3.63. The summed E-state index contributed by atoms with van der Waals surface area (Å²) in [4.78, 5) is 13.5. The van der Waals surface area contributed by atoms with Gasteiger partial charge in [0, 0.05) is 19.1 Å². The van der Waals surface area contributed by atoms with Gasteiger partial charge in [0.05, 0.1) is 18.5 Å². The van der Waals surface area contributed by atoms with Gasteiger partial charge >= 0.3 is 0 Å². The summed E-state index contributed by atoms with van der Waals surface area (Å²) in [7, 11) is 0. The summed E-state index contributed by atoms with van der Waals surface area (Å²) in [6.07, 6.45) is 1.43. The number of carbonyl (C=O) groups is 1. The Morgan fingerprint density at radius 2 is 2.50 bits per heavy atom. The molecule has 0 aromatic carbocycles. The van der Waals surface area contributed by atoms with Gasteiger partial charge in [0.25, 0.3) is 0 Å². The van der Waals surface area contributed by atoms with Crippen LogP contribution in [0.1, 0.15) is 26.7 Å². The monoisotopic (exact) mass is 195 g/mol. The molecule has 78 valence electrons. The third-order valence-electron chi connectivity index (χ3n) is 2.81. The van der Waals surface area contributed by atoms with Gasteiger partial charge in [-0.1, -0.05) is 6.92 Å². The first-order valence-electron chi connectivity index (χ1n) is 5.11. The highest BCUT2D eigenvalue weighted by Crippen LogP contribution is 2.14. The van der Waals surface area contributed by atoms with Gasteiger partial charge in [0.15, 0.2) is 0 Å². The molecule has 1 heterocycles. The predicted octanol–water partition coefficient (Wildman–Crippen LogP) is 0.499. The lowest BCUT2D eigenvalue weighted by molar-refractivity contribution is -0.129. The second-order valence-corrected chi connectivity index (χ2v) is 3.63. The van der Waals surface area contributed by atoms with Gasteiger partial charge in [-0.2, -0.15) is 5.26 Å². The fourth-order valence-corrected chi connectivity index (χ4v) is 1.90. The van der Waals surface area contributed by atoms with E-state index in [1.54, 1.807) is 0 Å². The first-order valence-corrected chi connectivity index (χ1v) is 5.11. The normalized spacial score (nSPS) is 25.2. The molecule has 1 fully saturated rings. The Hall–Kier alpha value is -1.08. The number of hydrogen-bond donors (Lipinski definition) is 1. The van der Waals surface area contributed by atoms with Crippen LogP contribution in [0.5, 0.6) is 0 Å². The van der Waals surface area contributed by atoms with Crippen LogP contribution < -0.4 is 5.32 Å². The number of carbonyl (C=O) groups excluding carboxylic acids is 1. The summed E-state index contributed by atoms with van der Waals surface area (Å²) in [5.41, 5.74) is 0. The van der Waals surface area contributed by atoms with Gasteiger partial charge < -0.3 is 5.32 Å². The van der Waals surface area contributed by atoms with Crippen LogP contribution in [0.2, 0.25) is 0 Å². The first-order chi connectivity index (χ1) is 6.70. The summed E-state index contributed by atoms with van der Waals surface area (Å²) >= 11 is 0. The molecule has 4 nitrogen and oxygen atoms in total. The van der Waals surface area contributed by atoms with Gasteiger partial charge in [-0.05, 0) is 13.3 Å². The number of nitriles is 1. The number of hydrogen-bond acceptors (Lipinski definition) is 3. The molecule has 0 aromatic rings. The molecular weight excluding hydrogens is 178 g/mol. The summed E-state index contributed by atoms with van der Waals surface area (Å²) in [5, 5.41) is 11.5. The maximum atomic E-state index is 11.4. The van der Waals surface area contributed by atoms with Gasteiger partial charge in [-0.25, -0.2) is 0 Å². The lowest BCUT2D eigenvalue weighted by Crippen LogP contribution is -2.57. The second kappa shape index (κ2) is 4.97. The van der Waals surface area contributed by atoms with Crippen LogP contribution in [0.3, 0.4) is 0 Å². The minimum atomic E-state index is -0.0953. The number of rotatable bonds is 3. The Bertz CT molecular complexity index is 246. The first kappa shape index (κ1) is 11.0. The molecular formula is C10H17N3O. The van der Waals surface area contributed by atoms with Crippen LogP contribution in [-0.4, -0.2) is 36.0 Å². The van der Waals surface area contributed by atoms with E-state index in [-0.39, 0.29) is 18.0 Å². The fourth-order valence-electron chi connectivity index (χ4n) is 1.90. The summed E-state index contributed by atoms with van der Waals surface area (Å²) in [6.45, 7) is 5.51. The zero-order valence-corrected chi connectivity index (χ0v) is 8.79. The van der Waals surface area contributed by atoms with E-state index in [1.165, 1.54) is 0 Å². The Morgan fingerprint density at radius 3 is 3.07 bits per heavy atom. The molecule has 1 aliphatic rings. The molecule has 0 bridgehead atoms. The minimum Gasteiger partial charge on any atom is -0.353 e. The van der Waals surface area contributed by atoms with Crippen LogP contribution in [0, 0.1) is 11.3 Å². The maximum Gasteiger partial charge on any atom is 0.237 e. The number of nitrogens with one attached hydrogen (secondary N) is 1. The molecule has 2 unspecified atom stereocenters. The standard InChI is InChI=1S/C10H17N3O/c1-3-9(4-5-11)13-7-6-12-10(14)8(13)2/h8-9H,3-4,6-7H2,1-2H3,(H,12,14). The lowest BCUT2D eigenvalue weighted by atomic mass is 10.1. The maximum absolute atomic E-state index is 11.4. The smallest absolute Gasteiger partial charge is 0.237 e. The van der Waals surface area contributed by atoms with E-state index in [0.717, 1.165) is 13.0 Å². The van der Waals surface area contributed by atoms with Gasteiger partial charge in [-0.3, -0.25) is 9.69 Å². The van der Waals surface area contributed by atoms with Gasteiger partial charge in [0.2, 0.25) is 5.91 Å². The Labute approximate surface area is 84.9 Å². The number of piperazine rings is 1. The molecule has 0 spiro atoms. The van der Waals surface area contributed by atoms with E-state index in [1.807, 2.05) is 6.92 Å². The Kier molecular flexibility index (Phi) is 3.90. The zero-order valence-electron chi connectivity index (χ0n) is 8.79. The highest BCUT2D eigenvalue weighted by Gasteiger charge is 2.29. The van der Waals surface area contributed by atoms with E-state index < -0.39 is 0 Å². The average Bonchev–Trinajstić information content (AvgIpc) is 2.19. The fraction of sp³-hybridized carbons (Fsp3) is 0.800. The molecule has 1 aliphatic heterocycles. The van der Waals surface area contributed by atoms with E-state index in [4.69, 9.17) is 5.26 Å². The predicted molar refractivity (Wildman–Crippen MR) is 53.5 cm³/mol. The van der Waals surface area contributed by atoms with Crippen molar-refractivity contribution < 1.29 is 4.79 Å². The third-order valence-corrected chi connectivity index (χ3v) is 2.81. The van der Waals surface area contributed by atoms with E-state index >= 15 is 0 Å². The summed E-state index contributed by atoms with van der Waals surface area (Å²) in [5.74, 6) is 0.0765.